The van der Waals surface area contributed by atoms with E-state index in [1.54, 1.807) is 0 Å². The summed E-state index contributed by atoms with van der Waals surface area (Å²) in [5.41, 5.74) is 2.05. The molecule has 0 radical (unpaired) electrons. The summed E-state index contributed by atoms with van der Waals surface area (Å²) in [5.74, 6) is 0.577. The molecule has 2 N–H and O–H groups in total. The molecule has 1 heterocycles. The molecule has 0 aliphatic heterocycles. The van der Waals surface area contributed by atoms with Crippen molar-refractivity contribution in [2.24, 2.45) is 0 Å². The first-order valence-corrected chi connectivity index (χ1v) is 7.00. The SMILES string of the molecule is CCNC(C)c1nnc(Nc2cccc(C)c2Br)o1. The Bertz CT molecular complexity index is 555. The van der Waals surface area contributed by atoms with Gasteiger partial charge in [0.25, 0.3) is 0 Å². The molecule has 19 heavy (non-hydrogen) atoms. The lowest BCUT2D eigenvalue weighted by molar-refractivity contribution is 0.430. The summed E-state index contributed by atoms with van der Waals surface area (Å²) in [4.78, 5) is 0. The van der Waals surface area contributed by atoms with Crippen LogP contribution < -0.4 is 10.6 Å². The molecular formula is C13H17BrN4O. The first-order chi connectivity index (χ1) is 9.11. The van der Waals surface area contributed by atoms with Crippen LogP contribution >= 0.6 is 15.9 Å². The number of nitrogens with one attached hydrogen (secondary N) is 2. The monoisotopic (exact) mass is 324 g/mol. The van der Waals surface area contributed by atoms with E-state index in [0.717, 1.165) is 22.3 Å². The lowest BCUT2D eigenvalue weighted by Gasteiger charge is -2.07. The second kappa shape index (κ2) is 6.16. The van der Waals surface area contributed by atoms with Gasteiger partial charge in [0, 0.05) is 4.47 Å². The average molecular weight is 325 g/mol. The number of nitrogens with zero attached hydrogens (tertiary/aromatic N) is 2. The van der Waals surface area contributed by atoms with Crippen LogP contribution in [-0.4, -0.2) is 16.7 Å². The predicted octanol–water partition coefficient (Wildman–Crippen LogP) is 3.55. The molecule has 0 aliphatic rings. The van der Waals surface area contributed by atoms with E-state index in [1.165, 1.54) is 0 Å². The minimum absolute atomic E-state index is 0.0500. The van der Waals surface area contributed by atoms with E-state index in [4.69, 9.17) is 4.42 Å². The van der Waals surface area contributed by atoms with Crippen molar-refractivity contribution in [3.63, 3.8) is 0 Å². The number of hydrogen-bond donors (Lipinski definition) is 2. The molecule has 0 aliphatic carbocycles. The van der Waals surface area contributed by atoms with Crippen LogP contribution in [0.4, 0.5) is 11.7 Å². The van der Waals surface area contributed by atoms with Gasteiger partial charge in [-0.1, -0.05) is 24.2 Å². The van der Waals surface area contributed by atoms with Crippen LogP contribution in [0, 0.1) is 6.92 Å². The Labute approximate surface area is 120 Å². The third-order valence-corrected chi connectivity index (χ3v) is 3.81. The maximum absolute atomic E-state index is 5.58. The zero-order chi connectivity index (χ0) is 13.8. The topological polar surface area (TPSA) is 63.0 Å². The molecule has 0 saturated heterocycles. The summed E-state index contributed by atoms with van der Waals surface area (Å²) in [6.45, 7) is 6.91. The molecule has 0 amide bonds. The maximum Gasteiger partial charge on any atom is 0.320 e. The Morgan fingerprint density at radius 3 is 2.89 bits per heavy atom. The normalized spacial score (nSPS) is 12.4. The summed E-state index contributed by atoms with van der Waals surface area (Å²) in [5, 5.41) is 14.4. The molecule has 2 aromatic rings. The standard InChI is InChI=1S/C13H17BrN4O/c1-4-15-9(3)12-17-18-13(19-12)16-10-7-5-6-8(2)11(10)14/h5-7,9,15H,4H2,1-3H3,(H,16,18). The van der Waals surface area contributed by atoms with E-state index in [-0.39, 0.29) is 6.04 Å². The zero-order valence-corrected chi connectivity index (χ0v) is 12.8. The molecule has 5 nitrogen and oxygen atoms in total. The molecule has 1 atom stereocenters. The van der Waals surface area contributed by atoms with Gasteiger partial charge in [0.05, 0.1) is 11.7 Å². The Hall–Kier alpha value is -1.40. The van der Waals surface area contributed by atoms with Crippen LogP contribution in [-0.2, 0) is 0 Å². The van der Waals surface area contributed by atoms with Crippen molar-refractivity contribution in [2.45, 2.75) is 26.8 Å². The lowest BCUT2D eigenvalue weighted by atomic mass is 10.2. The summed E-state index contributed by atoms with van der Waals surface area (Å²) in [7, 11) is 0. The number of halogens is 1. The van der Waals surface area contributed by atoms with Gasteiger partial charge in [-0.25, -0.2) is 0 Å². The fraction of sp³-hybridized carbons (Fsp3) is 0.385. The van der Waals surface area contributed by atoms with Crippen LogP contribution in [0.5, 0.6) is 0 Å². The highest BCUT2D eigenvalue weighted by Crippen LogP contribution is 2.28. The number of rotatable bonds is 5. The molecule has 0 fully saturated rings. The summed E-state index contributed by atoms with van der Waals surface area (Å²) < 4.78 is 6.58. The first kappa shape index (κ1) is 14.0. The van der Waals surface area contributed by atoms with E-state index in [0.29, 0.717) is 11.9 Å². The van der Waals surface area contributed by atoms with Gasteiger partial charge in [0.15, 0.2) is 0 Å². The average Bonchev–Trinajstić information content (AvgIpc) is 2.84. The molecule has 6 heteroatoms. The maximum atomic E-state index is 5.58. The summed E-state index contributed by atoms with van der Waals surface area (Å²) in [6, 6.07) is 6.40. The van der Waals surface area contributed by atoms with Crippen molar-refractivity contribution in [2.75, 3.05) is 11.9 Å². The van der Waals surface area contributed by atoms with Crippen molar-refractivity contribution in [3.8, 4) is 0 Å². The molecule has 0 spiro atoms. The fourth-order valence-corrected chi connectivity index (χ4v) is 2.08. The minimum Gasteiger partial charge on any atom is -0.406 e. The van der Waals surface area contributed by atoms with Gasteiger partial charge in [-0.3, -0.25) is 0 Å². The quantitative estimate of drug-likeness (QED) is 0.880. The van der Waals surface area contributed by atoms with Gasteiger partial charge in [-0.2, -0.15) is 0 Å². The number of anilines is 2. The minimum atomic E-state index is 0.0500. The molecule has 0 bridgehead atoms. The Kier molecular flexibility index (Phi) is 4.55. The Morgan fingerprint density at radius 1 is 1.37 bits per heavy atom. The van der Waals surface area contributed by atoms with E-state index < -0.39 is 0 Å². The molecule has 1 aromatic carbocycles. The predicted molar refractivity (Wildman–Crippen MR) is 78.6 cm³/mol. The van der Waals surface area contributed by atoms with Crippen LogP contribution in [0.15, 0.2) is 27.1 Å². The Morgan fingerprint density at radius 2 is 2.16 bits per heavy atom. The lowest BCUT2D eigenvalue weighted by Crippen LogP contribution is -2.17. The van der Waals surface area contributed by atoms with Gasteiger partial charge < -0.3 is 15.1 Å². The largest absolute Gasteiger partial charge is 0.406 e. The summed E-state index contributed by atoms with van der Waals surface area (Å²) in [6.07, 6.45) is 0. The van der Waals surface area contributed by atoms with Gasteiger partial charge in [-0.15, -0.1) is 5.10 Å². The highest BCUT2D eigenvalue weighted by molar-refractivity contribution is 9.10. The van der Waals surface area contributed by atoms with E-state index in [9.17, 15) is 0 Å². The molecule has 102 valence electrons. The van der Waals surface area contributed by atoms with Gasteiger partial charge in [0.1, 0.15) is 0 Å². The van der Waals surface area contributed by atoms with E-state index >= 15 is 0 Å². The van der Waals surface area contributed by atoms with Crippen LogP contribution in [0.2, 0.25) is 0 Å². The second-order valence-corrected chi connectivity index (χ2v) is 5.08. The number of hydrogen-bond acceptors (Lipinski definition) is 5. The smallest absolute Gasteiger partial charge is 0.320 e. The molecule has 1 aromatic heterocycles. The molecular weight excluding hydrogens is 308 g/mol. The zero-order valence-electron chi connectivity index (χ0n) is 11.2. The van der Waals surface area contributed by atoms with Crippen LogP contribution in [0.25, 0.3) is 0 Å². The molecule has 1 unspecified atom stereocenters. The highest BCUT2D eigenvalue weighted by Gasteiger charge is 2.13. The highest BCUT2D eigenvalue weighted by atomic mass is 79.9. The third-order valence-electron chi connectivity index (χ3n) is 2.75. The van der Waals surface area contributed by atoms with E-state index in [2.05, 4.69) is 36.8 Å². The number of benzene rings is 1. The van der Waals surface area contributed by atoms with Crippen LogP contribution in [0.1, 0.15) is 31.3 Å². The Balaban J connectivity index is 2.14. The first-order valence-electron chi connectivity index (χ1n) is 6.20. The second-order valence-electron chi connectivity index (χ2n) is 4.29. The van der Waals surface area contributed by atoms with Crippen LogP contribution in [0.3, 0.4) is 0 Å². The number of aromatic nitrogens is 2. The summed E-state index contributed by atoms with van der Waals surface area (Å²) >= 11 is 3.53. The fourth-order valence-electron chi connectivity index (χ4n) is 1.71. The van der Waals surface area contributed by atoms with Crippen molar-refractivity contribution in [1.29, 1.82) is 0 Å². The van der Waals surface area contributed by atoms with Crippen molar-refractivity contribution in [3.05, 3.63) is 34.1 Å². The number of aryl methyl sites for hydroxylation is 1. The van der Waals surface area contributed by atoms with Crippen molar-refractivity contribution < 1.29 is 4.42 Å². The third kappa shape index (κ3) is 3.33. The molecule has 0 saturated carbocycles. The van der Waals surface area contributed by atoms with Gasteiger partial charge in [0.2, 0.25) is 5.89 Å². The van der Waals surface area contributed by atoms with Crippen molar-refractivity contribution in [1.82, 2.24) is 15.5 Å². The molecule has 2 rings (SSSR count). The van der Waals surface area contributed by atoms with Gasteiger partial charge >= 0.3 is 6.01 Å². The van der Waals surface area contributed by atoms with Crippen molar-refractivity contribution >= 4 is 27.6 Å². The van der Waals surface area contributed by atoms with E-state index in [1.807, 2.05) is 39.0 Å². The van der Waals surface area contributed by atoms with Gasteiger partial charge in [-0.05, 0) is 48.0 Å².